The molecule has 12 nitrogen and oxygen atoms in total. The second kappa shape index (κ2) is 10.2. The Kier molecular flexibility index (Phi) is 7.27. The Morgan fingerprint density at radius 2 is 1.85 bits per heavy atom. The molecule has 4 atom stereocenters. The fourth-order valence-corrected chi connectivity index (χ4v) is 4.84. The number of hydrogen-bond donors (Lipinski definition) is 6. The molecule has 4 rings (SSSR count). The first-order chi connectivity index (χ1) is 15.9. The van der Waals surface area contributed by atoms with Crippen LogP contribution in [0, 0.1) is 11.8 Å². The minimum atomic E-state index is -1.25. The third-order valence-electron chi connectivity index (χ3n) is 6.81. The number of carboxylic acid groups (broad SMARTS) is 1. The molecule has 2 fully saturated rings. The van der Waals surface area contributed by atoms with Crippen molar-refractivity contribution in [3.8, 4) is 0 Å². The van der Waals surface area contributed by atoms with Crippen LogP contribution >= 0.6 is 0 Å². The van der Waals surface area contributed by atoms with Gasteiger partial charge in [-0.25, -0.2) is 4.98 Å². The lowest BCUT2D eigenvalue weighted by atomic mass is 9.79. The van der Waals surface area contributed by atoms with E-state index in [1.807, 2.05) is 0 Å². The zero-order chi connectivity index (χ0) is 23.5. The lowest BCUT2D eigenvalue weighted by Crippen LogP contribution is -2.33. The number of rotatable bonds is 9. The quantitative estimate of drug-likeness (QED) is 0.303. The van der Waals surface area contributed by atoms with E-state index in [-0.39, 0.29) is 12.2 Å². The Hall–Kier alpha value is -2.54. The molecule has 0 spiro atoms. The number of imidazole rings is 1. The number of carboxylic acids is 1. The van der Waals surface area contributed by atoms with Gasteiger partial charge in [0, 0.05) is 13.0 Å². The normalized spacial score (nSPS) is 30.0. The molecular formula is C21H32N6O6. The molecule has 7 N–H and O–H groups in total. The summed E-state index contributed by atoms with van der Waals surface area (Å²) in [7, 11) is 0. The predicted molar refractivity (Wildman–Crippen MR) is 118 cm³/mol. The van der Waals surface area contributed by atoms with Gasteiger partial charge in [-0.2, -0.15) is 9.97 Å². The number of nitrogens with two attached hydrogens (primary N) is 1. The van der Waals surface area contributed by atoms with Gasteiger partial charge >= 0.3 is 5.97 Å². The largest absolute Gasteiger partial charge is 0.481 e. The summed E-state index contributed by atoms with van der Waals surface area (Å²) >= 11 is 0. The topological polar surface area (TPSA) is 189 Å². The molecule has 1 aliphatic carbocycles. The van der Waals surface area contributed by atoms with Crippen LogP contribution in [0.15, 0.2) is 6.33 Å². The number of nitrogen functional groups attached to an aromatic ring is 1. The lowest BCUT2D eigenvalue weighted by Gasteiger charge is -2.28. The minimum absolute atomic E-state index is 0.187. The van der Waals surface area contributed by atoms with Crippen molar-refractivity contribution in [2.24, 2.45) is 11.8 Å². The average Bonchev–Trinajstić information content (AvgIpc) is 3.34. The number of nitrogens with zero attached hydrogens (tertiary/aromatic N) is 4. The first-order valence-electron chi connectivity index (χ1n) is 11.5. The summed E-state index contributed by atoms with van der Waals surface area (Å²) in [6.07, 6.45) is 3.34. The maximum Gasteiger partial charge on any atom is 0.303 e. The van der Waals surface area contributed by atoms with Crippen molar-refractivity contribution in [3.63, 3.8) is 0 Å². The molecule has 0 radical (unpaired) electrons. The maximum atomic E-state index is 10.8. The third-order valence-corrected chi connectivity index (χ3v) is 6.81. The van der Waals surface area contributed by atoms with E-state index in [1.165, 1.54) is 10.9 Å². The fraction of sp³-hybridized carbons (Fsp3) is 0.714. The van der Waals surface area contributed by atoms with Gasteiger partial charge in [-0.15, -0.1) is 0 Å². The molecule has 182 valence electrons. The predicted octanol–water partition coefficient (Wildman–Crippen LogP) is 0.493. The molecule has 2 aliphatic rings. The van der Waals surface area contributed by atoms with E-state index in [1.54, 1.807) is 0 Å². The number of hydrogen-bond acceptors (Lipinski definition) is 10. The first-order valence-corrected chi connectivity index (χ1v) is 11.5. The molecule has 2 aromatic heterocycles. The van der Waals surface area contributed by atoms with Crippen LogP contribution in [-0.4, -0.2) is 77.4 Å². The highest BCUT2D eigenvalue weighted by atomic mass is 16.6. The molecule has 1 saturated heterocycles. The summed E-state index contributed by atoms with van der Waals surface area (Å²) in [6.45, 7) is 0.240. The number of fused-ring (bicyclic) bond motifs is 1. The van der Waals surface area contributed by atoms with E-state index in [0.717, 1.165) is 38.5 Å². The smallest absolute Gasteiger partial charge is 0.303 e. The number of aliphatic carboxylic acids is 1. The van der Waals surface area contributed by atoms with E-state index in [2.05, 4.69) is 20.3 Å². The van der Waals surface area contributed by atoms with Crippen molar-refractivity contribution < 1.29 is 30.0 Å². The van der Waals surface area contributed by atoms with Gasteiger partial charge in [-0.3, -0.25) is 9.36 Å². The Morgan fingerprint density at radius 3 is 2.48 bits per heavy atom. The molecule has 3 heterocycles. The second-order valence-corrected chi connectivity index (χ2v) is 9.02. The average molecular weight is 465 g/mol. The second-order valence-electron chi connectivity index (χ2n) is 9.02. The number of ether oxygens (including phenoxy) is 1. The molecular weight excluding hydrogens is 432 g/mol. The van der Waals surface area contributed by atoms with Gasteiger partial charge in [0.05, 0.1) is 12.9 Å². The number of carbonyl (C=O) groups is 1. The van der Waals surface area contributed by atoms with Crippen LogP contribution in [0.2, 0.25) is 0 Å². The highest BCUT2D eigenvalue weighted by molar-refractivity contribution is 5.83. The molecule has 1 aliphatic heterocycles. The zero-order valence-electron chi connectivity index (χ0n) is 18.4. The number of aliphatic hydroxyl groups excluding tert-OH is 3. The Balaban J connectivity index is 1.36. The van der Waals surface area contributed by atoms with Gasteiger partial charge < -0.3 is 36.2 Å². The van der Waals surface area contributed by atoms with Gasteiger partial charge in [0.2, 0.25) is 5.95 Å². The standard InChI is InChI=1S/C21H32N6O6/c22-18-15-19(27(10-24-15)20-17(32)16(31)13(9-28)33-20)26-21(25-18)23-8-7-12-3-1-11(2-4-12)5-6-14(29)30/h10-13,16-17,20,28,31-32H,1-9H2,(H,29,30)(H3,22,23,25,26)/t11?,12?,13-,16-,17-,20-/m1/s1. The fourth-order valence-electron chi connectivity index (χ4n) is 4.84. The van der Waals surface area contributed by atoms with Crippen molar-refractivity contribution in [2.75, 3.05) is 24.2 Å². The van der Waals surface area contributed by atoms with Crippen LogP contribution in [0.25, 0.3) is 11.2 Å². The molecule has 2 aromatic rings. The SMILES string of the molecule is Nc1nc(NCCC2CCC(CCC(=O)O)CC2)nc2c1ncn2[C@@H]1O[C@H](CO)[C@@H](O)[C@H]1O. The van der Waals surface area contributed by atoms with E-state index >= 15 is 0 Å². The highest BCUT2D eigenvalue weighted by Gasteiger charge is 2.44. The van der Waals surface area contributed by atoms with Crippen LogP contribution in [0.4, 0.5) is 11.8 Å². The summed E-state index contributed by atoms with van der Waals surface area (Å²) in [5.74, 6) is 0.880. The van der Waals surface area contributed by atoms with Crippen LogP contribution in [0.3, 0.4) is 0 Å². The van der Waals surface area contributed by atoms with Crippen LogP contribution < -0.4 is 11.1 Å². The Morgan fingerprint density at radius 1 is 1.15 bits per heavy atom. The third kappa shape index (κ3) is 5.18. The van der Waals surface area contributed by atoms with Gasteiger partial charge in [-0.05, 0) is 24.7 Å². The van der Waals surface area contributed by atoms with Crippen LogP contribution in [-0.2, 0) is 9.53 Å². The van der Waals surface area contributed by atoms with E-state index in [0.29, 0.717) is 35.5 Å². The van der Waals surface area contributed by atoms with Crippen molar-refractivity contribution >= 4 is 28.9 Å². The summed E-state index contributed by atoms with van der Waals surface area (Å²) in [5, 5.41) is 41.8. The summed E-state index contributed by atoms with van der Waals surface area (Å²) in [4.78, 5) is 23.7. The number of anilines is 2. The van der Waals surface area contributed by atoms with Crippen LogP contribution in [0.1, 0.15) is 51.2 Å². The Labute approximate surface area is 190 Å². The van der Waals surface area contributed by atoms with Crippen molar-refractivity contribution in [2.45, 2.75) is 69.5 Å². The molecule has 33 heavy (non-hydrogen) atoms. The molecule has 0 amide bonds. The molecule has 0 aromatic carbocycles. The monoisotopic (exact) mass is 464 g/mol. The van der Waals surface area contributed by atoms with Crippen molar-refractivity contribution in [1.82, 2.24) is 19.5 Å². The highest BCUT2D eigenvalue weighted by Crippen LogP contribution is 2.34. The van der Waals surface area contributed by atoms with Crippen molar-refractivity contribution in [1.29, 1.82) is 0 Å². The first kappa shape index (κ1) is 23.6. The Bertz CT molecular complexity index is 962. The van der Waals surface area contributed by atoms with Crippen molar-refractivity contribution in [3.05, 3.63) is 6.33 Å². The van der Waals surface area contributed by atoms with Gasteiger partial charge in [0.15, 0.2) is 17.7 Å². The molecule has 12 heteroatoms. The van der Waals surface area contributed by atoms with Gasteiger partial charge in [-0.1, -0.05) is 25.7 Å². The van der Waals surface area contributed by atoms with E-state index in [4.69, 9.17) is 15.6 Å². The minimum Gasteiger partial charge on any atom is -0.481 e. The maximum absolute atomic E-state index is 10.8. The van der Waals surface area contributed by atoms with E-state index in [9.17, 15) is 20.1 Å². The molecule has 1 saturated carbocycles. The summed E-state index contributed by atoms with van der Waals surface area (Å²) in [5.41, 5.74) is 6.78. The molecule has 0 bridgehead atoms. The lowest BCUT2D eigenvalue weighted by molar-refractivity contribution is -0.137. The number of aliphatic hydroxyl groups is 3. The summed E-state index contributed by atoms with van der Waals surface area (Å²) in [6, 6.07) is 0. The van der Waals surface area contributed by atoms with E-state index < -0.39 is 37.1 Å². The van der Waals surface area contributed by atoms with Gasteiger partial charge in [0.1, 0.15) is 23.8 Å². The van der Waals surface area contributed by atoms with Gasteiger partial charge in [0.25, 0.3) is 0 Å². The number of nitrogens with one attached hydrogen (secondary N) is 1. The molecule has 0 unspecified atom stereocenters. The zero-order valence-corrected chi connectivity index (χ0v) is 18.4. The summed E-state index contributed by atoms with van der Waals surface area (Å²) < 4.78 is 7.07. The number of aromatic nitrogens is 4. The van der Waals surface area contributed by atoms with Crippen LogP contribution in [0.5, 0.6) is 0 Å².